The molecule has 1 saturated heterocycles. The van der Waals surface area contributed by atoms with Crippen molar-refractivity contribution in [2.45, 2.75) is 13.8 Å². The second-order valence-corrected chi connectivity index (χ2v) is 7.63. The maximum atomic E-state index is 12.7. The van der Waals surface area contributed by atoms with Crippen molar-refractivity contribution in [1.82, 2.24) is 19.2 Å². The van der Waals surface area contributed by atoms with Crippen molar-refractivity contribution in [1.29, 1.82) is 0 Å². The summed E-state index contributed by atoms with van der Waals surface area (Å²) >= 11 is 0.956. The van der Waals surface area contributed by atoms with Gasteiger partial charge in [-0.1, -0.05) is 0 Å². The molecule has 3 aromatic rings. The van der Waals surface area contributed by atoms with E-state index in [4.69, 9.17) is 0 Å². The molecule has 150 valence electrons. The fraction of sp³-hybridized carbons (Fsp3) is 0.316. The lowest BCUT2D eigenvalue weighted by molar-refractivity contribution is -0.129. The predicted molar refractivity (Wildman–Crippen MR) is 112 cm³/mol. The molecule has 0 radical (unpaired) electrons. The van der Waals surface area contributed by atoms with Gasteiger partial charge in [-0.25, -0.2) is 4.98 Å². The zero-order valence-corrected chi connectivity index (χ0v) is 16.9. The van der Waals surface area contributed by atoms with E-state index in [0.29, 0.717) is 35.0 Å². The van der Waals surface area contributed by atoms with Crippen LogP contribution in [0.3, 0.4) is 0 Å². The Morgan fingerprint density at radius 3 is 2.45 bits per heavy atom. The number of hydrogen-bond donors (Lipinski definition) is 2. The number of aromatic amines is 1. The van der Waals surface area contributed by atoms with Crippen molar-refractivity contribution < 1.29 is 9.59 Å². The fourth-order valence-corrected chi connectivity index (χ4v) is 4.04. The number of fused-ring (bicyclic) bond motifs is 1. The Hall–Kier alpha value is -3.27. The third kappa shape index (κ3) is 3.83. The van der Waals surface area contributed by atoms with E-state index in [1.54, 1.807) is 13.8 Å². The monoisotopic (exact) mass is 412 g/mol. The Labute approximate surface area is 170 Å². The van der Waals surface area contributed by atoms with E-state index in [9.17, 15) is 14.4 Å². The van der Waals surface area contributed by atoms with E-state index in [-0.39, 0.29) is 22.9 Å². The van der Waals surface area contributed by atoms with Crippen LogP contribution in [0.5, 0.6) is 0 Å². The van der Waals surface area contributed by atoms with Gasteiger partial charge in [0.15, 0.2) is 5.52 Å². The lowest BCUT2D eigenvalue weighted by Gasteiger charge is -2.35. The molecule has 2 N–H and O–H groups in total. The van der Waals surface area contributed by atoms with Gasteiger partial charge in [0.1, 0.15) is 16.2 Å². The number of hydrogen-bond acceptors (Lipinski definition) is 7. The molecule has 29 heavy (non-hydrogen) atoms. The van der Waals surface area contributed by atoms with Crippen LogP contribution in [0.1, 0.15) is 22.4 Å². The van der Waals surface area contributed by atoms with Crippen molar-refractivity contribution in [2.75, 3.05) is 36.4 Å². The summed E-state index contributed by atoms with van der Waals surface area (Å²) in [7, 11) is 0. The molecule has 0 spiro atoms. The van der Waals surface area contributed by atoms with Crippen LogP contribution < -0.4 is 15.8 Å². The van der Waals surface area contributed by atoms with Crippen LogP contribution in [0.2, 0.25) is 0 Å². The summed E-state index contributed by atoms with van der Waals surface area (Å²) in [4.78, 5) is 47.2. The van der Waals surface area contributed by atoms with Crippen molar-refractivity contribution in [3.05, 3.63) is 45.3 Å². The summed E-state index contributed by atoms with van der Waals surface area (Å²) in [6.07, 6.45) is 0. The number of piperazine rings is 1. The first-order valence-electron chi connectivity index (χ1n) is 9.20. The third-order valence-corrected chi connectivity index (χ3v) is 5.71. The Morgan fingerprint density at radius 2 is 1.79 bits per heavy atom. The van der Waals surface area contributed by atoms with Crippen LogP contribution in [0.15, 0.2) is 29.1 Å². The number of rotatable bonds is 3. The normalized spacial score (nSPS) is 14.3. The van der Waals surface area contributed by atoms with Crippen molar-refractivity contribution in [3.63, 3.8) is 0 Å². The molecule has 0 atom stereocenters. The summed E-state index contributed by atoms with van der Waals surface area (Å²) in [6.45, 7) is 6.21. The minimum atomic E-state index is -0.350. The van der Waals surface area contributed by atoms with E-state index in [0.717, 1.165) is 30.3 Å². The summed E-state index contributed by atoms with van der Waals surface area (Å²) in [5.74, 6) is 0.189. The molecule has 4 rings (SSSR count). The Kier molecular flexibility index (Phi) is 5.01. The lowest BCUT2D eigenvalue weighted by atomic mass is 10.2. The van der Waals surface area contributed by atoms with Crippen LogP contribution in [-0.2, 0) is 4.79 Å². The molecule has 1 fully saturated rings. The zero-order valence-electron chi connectivity index (χ0n) is 16.1. The summed E-state index contributed by atoms with van der Waals surface area (Å²) in [5.41, 5.74) is 1.82. The SMILES string of the molecule is CC(=O)N1CCN(c2ccc(NC(=O)c3snc4c(=O)[nH]c(C)nc34)cc2)CC1. The van der Waals surface area contributed by atoms with Crippen LogP contribution in [0, 0.1) is 6.92 Å². The van der Waals surface area contributed by atoms with Gasteiger partial charge in [0.2, 0.25) is 5.91 Å². The van der Waals surface area contributed by atoms with E-state index in [2.05, 4.69) is 24.6 Å². The molecule has 2 aromatic heterocycles. The van der Waals surface area contributed by atoms with Gasteiger partial charge < -0.3 is 20.1 Å². The molecule has 1 aromatic carbocycles. The number of carbonyl (C=O) groups is 2. The minimum Gasteiger partial charge on any atom is -0.368 e. The molecule has 1 aliphatic heterocycles. The third-order valence-electron chi connectivity index (χ3n) is 4.88. The van der Waals surface area contributed by atoms with Crippen LogP contribution in [0.25, 0.3) is 11.0 Å². The number of nitrogens with one attached hydrogen (secondary N) is 2. The van der Waals surface area contributed by atoms with Gasteiger partial charge in [0.25, 0.3) is 11.5 Å². The van der Waals surface area contributed by atoms with Gasteiger partial charge in [-0.15, -0.1) is 0 Å². The zero-order chi connectivity index (χ0) is 20.5. The molecule has 3 heterocycles. The van der Waals surface area contributed by atoms with E-state index >= 15 is 0 Å². The summed E-state index contributed by atoms with van der Waals surface area (Å²) in [5, 5.41) is 2.84. The second kappa shape index (κ2) is 7.63. The number of aromatic nitrogens is 3. The molecule has 0 saturated carbocycles. The molecule has 9 nitrogen and oxygen atoms in total. The topological polar surface area (TPSA) is 111 Å². The number of amides is 2. The Morgan fingerprint density at radius 1 is 1.10 bits per heavy atom. The van der Waals surface area contributed by atoms with Gasteiger partial charge in [0.05, 0.1) is 0 Å². The first-order chi connectivity index (χ1) is 13.9. The number of aryl methyl sites for hydroxylation is 1. The predicted octanol–water partition coefficient (Wildman–Crippen LogP) is 1.61. The number of nitrogens with zero attached hydrogens (tertiary/aromatic N) is 4. The fourth-order valence-electron chi connectivity index (χ4n) is 3.33. The van der Waals surface area contributed by atoms with E-state index in [1.807, 2.05) is 29.2 Å². The highest BCUT2D eigenvalue weighted by atomic mass is 32.1. The molecular formula is C19H20N6O3S. The first-order valence-corrected chi connectivity index (χ1v) is 9.98. The molecule has 0 unspecified atom stereocenters. The lowest BCUT2D eigenvalue weighted by Crippen LogP contribution is -2.48. The average molecular weight is 412 g/mol. The molecule has 0 bridgehead atoms. The van der Waals surface area contributed by atoms with Gasteiger partial charge >= 0.3 is 0 Å². The molecule has 1 aliphatic rings. The summed E-state index contributed by atoms with van der Waals surface area (Å²) < 4.78 is 4.06. The molecule has 2 amide bonds. The molecular weight excluding hydrogens is 392 g/mol. The first kappa shape index (κ1) is 19.1. The van der Waals surface area contributed by atoms with Gasteiger partial charge in [-0.2, -0.15) is 4.37 Å². The molecule has 10 heteroatoms. The van der Waals surface area contributed by atoms with Crippen molar-refractivity contribution >= 4 is 45.8 Å². The van der Waals surface area contributed by atoms with Crippen molar-refractivity contribution in [3.8, 4) is 0 Å². The average Bonchev–Trinajstić information content (AvgIpc) is 3.13. The van der Waals surface area contributed by atoms with E-state index < -0.39 is 0 Å². The van der Waals surface area contributed by atoms with E-state index in [1.165, 1.54) is 0 Å². The van der Waals surface area contributed by atoms with Crippen molar-refractivity contribution in [2.24, 2.45) is 0 Å². The highest BCUT2D eigenvalue weighted by molar-refractivity contribution is 7.09. The maximum absolute atomic E-state index is 12.7. The number of anilines is 2. The van der Waals surface area contributed by atoms with Gasteiger partial charge in [-0.05, 0) is 42.7 Å². The Balaban J connectivity index is 1.46. The number of benzene rings is 1. The maximum Gasteiger partial charge on any atom is 0.278 e. The second-order valence-electron chi connectivity index (χ2n) is 6.85. The Bertz CT molecular complexity index is 1130. The molecule has 0 aliphatic carbocycles. The minimum absolute atomic E-state index is 0.102. The quantitative estimate of drug-likeness (QED) is 0.676. The number of H-pyrrole nitrogens is 1. The standard InChI is InChI=1S/C19H20N6O3S/c1-11-20-15-16(18(27)21-11)23-29-17(15)19(28)22-13-3-5-14(6-4-13)25-9-7-24(8-10-25)12(2)26/h3-6H,7-10H2,1-2H3,(H,22,28)(H,20,21,27). The highest BCUT2D eigenvalue weighted by Gasteiger charge is 2.20. The van der Waals surface area contributed by atoms with Crippen LogP contribution in [0.4, 0.5) is 11.4 Å². The van der Waals surface area contributed by atoms with Gasteiger partial charge in [0, 0.05) is 44.5 Å². The smallest absolute Gasteiger partial charge is 0.278 e. The highest BCUT2D eigenvalue weighted by Crippen LogP contribution is 2.22. The summed E-state index contributed by atoms with van der Waals surface area (Å²) in [6, 6.07) is 7.55. The largest absolute Gasteiger partial charge is 0.368 e. The van der Waals surface area contributed by atoms with Crippen LogP contribution in [-0.4, -0.2) is 57.2 Å². The number of carbonyl (C=O) groups excluding carboxylic acids is 2. The van der Waals surface area contributed by atoms with Gasteiger partial charge in [-0.3, -0.25) is 14.4 Å². The van der Waals surface area contributed by atoms with Crippen LogP contribution >= 0.6 is 11.5 Å².